The minimum absolute atomic E-state index is 0.0118. The Kier molecular flexibility index (Phi) is 8.76. The molecule has 0 atom stereocenters. The van der Waals surface area contributed by atoms with Gasteiger partial charge in [-0.05, 0) is 66.1 Å². The Morgan fingerprint density at radius 3 is 1.67 bits per heavy atom. The van der Waals surface area contributed by atoms with Crippen molar-refractivity contribution in [3.8, 4) is 0 Å². The Bertz CT molecular complexity index is 1910. The number of fused-ring (bicyclic) bond motifs is 3. The number of para-hydroxylation sites is 1. The van der Waals surface area contributed by atoms with Crippen LogP contribution in [0.2, 0.25) is 0 Å². The van der Waals surface area contributed by atoms with Gasteiger partial charge in [-0.3, -0.25) is 4.79 Å². The second-order valence-electron chi connectivity index (χ2n) is 10.7. The van der Waals surface area contributed by atoms with Crippen molar-refractivity contribution in [2.24, 2.45) is 0 Å². The molecule has 0 saturated carbocycles. The van der Waals surface area contributed by atoms with Gasteiger partial charge in [0.2, 0.25) is 0 Å². The molecule has 1 heterocycles. The minimum atomic E-state index is -3.34. The molecule has 43 heavy (non-hydrogen) atoms. The van der Waals surface area contributed by atoms with Crippen molar-refractivity contribution in [3.63, 3.8) is 0 Å². The smallest absolute Gasteiger partial charge is 0.254 e. The number of hydrogen-bond donors (Lipinski definition) is 0. The van der Waals surface area contributed by atoms with Crippen LogP contribution in [0, 0.1) is 0 Å². The third kappa shape index (κ3) is 6.24. The standard InChI is InChI=1S/C34H36N2O5S2/c1-4-21-36-32-10-8-7-9-30(32)31-22-27(15-20-33(31)36)34(37)35(23-25-11-16-28(17-12-25)42(38,39)5-2)24-26-13-18-29(19-14-26)43(40,41)6-3/h7-20,22H,4-6,21,23-24H2,1-3H3. The molecule has 5 aromatic rings. The third-order valence-corrected chi connectivity index (χ3v) is 11.3. The molecule has 0 bridgehead atoms. The summed E-state index contributed by atoms with van der Waals surface area (Å²) in [5.41, 5.74) is 4.32. The molecule has 9 heteroatoms. The van der Waals surface area contributed by atoms with E-state index in [0.717, 1.165) is 45.9 Å². The predicted molar refractivity (Wildman–Crippen MR) is 172 cm³/mol. The maximum Gasteiger partial charge on any atom is 0.254 e. The summed E-state index contributed by atoms with van der Waals surface area (Å²) in [4.78, 5) is 16.3. The van der Waals surface area contributed by atoms with Crippen LogP contribution >= 0.6 is 0 Å². The van der Waals surface area contributed by atoms with Crippen LogP contribution in [0.15, 0.2) is 101 Å². The number of rotatable bonds is 11. The quantitative estimate of drug-likeness (QED) is 0.166. The van der Waals surface area contributed by atoms with Gasteiger partial charge in [0, 0.05) is 47.0 Å². The van der Waals surface area contributed by atoms with E-state index in [4.69, 9.17) is 0 Å². The molecule has 0 fully saturated rings. The first-order valence-corrected chi connectivity index (χ1v) is 17.8. The highest BCUT2D eigenvalue weighted by Crippen LogP contribution is 2.31. The largest absolute Gasteiger partial charge is 0.340 e. The van der Waals surface area contributed by atoms with E-state index in [9.17, 15) is 21.6 Å². The SMILES string of the molecule is CCCn1c2ccccc2c2cc(C(=O)N(Cc3ccc(S(=O)(=O)CC)cc3)Cc3ccc(S(=O)(=O)CC)cc3)ccc21. The number of aryl methyl sites for hydroxylation is 1. The summed E-state index contributed by atoms with van der Waals surface area (Å²) < 4.78 is 51.6. The molecule has 1 amide bonds. The summed E-state index contributed by atoms with van der Waals surface area (Å²) in [5, 5.41) is 2.10. The molecule has 0 aliphatic rings. The fourth-order valence-corrected chi connectivity index (χ4v) is 7.18. The molecule has 224 valence electrons. The van der Waals surface area contributed by atoms with Gasteiger partial charge >= 0.3 is 0 Å². The lowest BCUT2D eigenvalue weighted by Crippen LogP contribution is -2.30. The van der Waals surface area contributed by atoms with E-state index >= 15 is 0 Å². The highest BCUT2D eigenvalue weighted by molar-refractivity contribution is 7.91. The maximum atomic E-state index is 14.1. The van der Waals surface area contributed by atoms with Crippen LogP contribution in [-0.4, -0.2) is 43.7 Å². The first kappa shape index (κ1) is 30.5. The number of nitrogens with zero attached hydrogens (tertiary/aromatic N) is 2. The van der Waals surface area contributed by atoms with Gasteiger partial charge in [0.25, 0.3) is 5.91 Å². The summed E-state index contributed by atoms with van der Waals surface area (Å²) >= 11 is 0. The van der Waals surface area contributed by atoms with E-state index in [2.05, 4.69) is 23.6 Å². The molecule has 0 N–H and O–H groups in total. The van der Waals surface area contributed by atoms with Crippen molar-refractivity contribution in [2.75, 3.05) is 11.5 Å². The van der Waals surface area contributed by atoms with Crippen LogP contribution in [0.4, 0.5) is 0 Å². The summed E-state index contributed by atoms with van der Waals surface area (Å²) in [6.07, 6.45) is 0.985. The summed E-state index contributed by atoms with van der Waals surface area (Å²) in [5.74, 6) is -0.153. The number of amides is 1. The number of hydrogen-bond acceptors (Lipinski definition) is 5. The van der Waals surface area contributed by atoms with Crippen LogP contribution in [0.25, 0.3) is 21.8 Å². The Morgan fingerprint density at radius 1 is 0.651 bits per heavy atom. The molecule has 0 unspecified atom stereocenters. The predicted octanol–water partition coefficient (Wildman–Crippen LogP) is 6.63. The van der Waals surface area contributed by atoms with Gasteiger partial charge in [-0.25, -0.2) is 16.8 Å². The lowest BCUT2D eigenvalue weighted by Gasteiger charge is -2.24. The van der Waals surface area contributed by atoms with Gasteiger partial charge in [0.15, 0.2) is 19.7 Å². The monoisotopic (exact) mass is 616 g/mol. The average Bonchev–Trinajstić information content (AvgIpc) is 3.34. The molecular formula is C34H36N2O5S2. The maximum absolute atomic E-state index is 14.1. The van der Waals surface area contributed by atoms with E-state index in [1.54, 1.807) is 67.3 Å². The van der Waals surface area contributed by atoms with E-state index in [1.807, 2.05) is 30.3 Å². The molecule has 0 spiro atoms. The van der Waals surface area contributed by atoms with Crippen molar-refractivity contribution >= 4 is 47.4 Å². The molecular weight excluding hydrogens is 581 g/mol. The Hall–Kier alpha value is -3.95. The van der Waals surface area contributed by atoms with Crippen LogP contribution in [-0.2, 0) is 39.3 Å². The second-order valence-corrected chi connectivity index (χ2v) is 15.2. The normalized spacial score (nSPS) is 12.2. The van der Waals surface area contributed by atoms with E-state index in [1.165, 1.54) is 0 Å². The summed E-state index contributed by atoms with van der Waals surface area (Å²) in [6, 6.07) is 27.3. The van der Waals surface area contributed by atoms with Gasteiger partial charge in [-0.2, -0.15) is 0 Å². The topological polar surface area (TPSA) is 93.5 Å². The van der Waals surface area contributed by atoms with Crippen LogP contribution in [0.5, 0.6) is 0 Å². The number of benzene rings is 4. The van der Waals surface area contributed by atoms with Crippen LogP contribution in [0.3, 0.4) is 0 Å². The van der Waals surface area contributed by atoms with Crippen molar-refractivity contribution in [1.29, 1.82) is 0 Å². The average molecular weight is 617 g/mol. The summed E-state index contributed by atoms with van der Waals surface area (Å²) in [6.45, 7) is 6.72. The Labute approximate surface area is 253 Å². The van der Waals surface area contributed by atoms with Gasteiger partial charge in [-0.15, -0.1) is 0 Å². The number of aromatic nitrogens is 1. The van der Waals surface area contributed by atoms with E-state index in [-0.39, 0.29) is 40.3 Å². The fourth-order valence-electron chi connectivity index (χ4n) is 5.41. The highest BCUT2D eigenvalue weighted by Gasteiger charge is 2.21. The summed E-state index contributed by atoms with van der Waals surface area (Å²) in [7, 11) is -6.68. The van der Waals surface area contributed by atoms with Gasteiger partial charge in [0.05, 0.1) is 21.3 Å². The third-order valence-electron chi connectivity index (χ3n) is 7.83. The highest BCUT2D eigenvalue weighted by atomic mass is 32.2. The van der Waals surface area contributed by atoms with Crippen molar-refractivity contribution in [1.82, 2.24) is 9.47 Å². The fraction of sp³-hybridized carbons (Fsp3) is 0.265. The lowest BCUT2D eigenvalue weighted by atomic mass is 10.1. The second kappa shape index (κ2) is 12.3. The first-order chi connectivity index (χ1) is 20.6. The zero-order valence-electron chi connectivity index (χ0n) is 24.7. The van der Waals surface area contributed by atoms with Crippen molar-refractivity contribution < 1.29 is 21.6 Å². The number of carbonyl (C=O) groups is 1. The molecule has 0 aliphatic heterocycles. The van der Waals surface area contributed by atoms with Crippen LogP contribution in [0.1, 0.15) is 48.7 Å². The molecule has 0 radical (unpaired) electrons. The molecule has 1 aromatic heterocycles. The number of carbonyl (C=O) groups excluding carboxylic acids is 1. The lowest BCUT2D eigenvalue weighted by molar-refractivity contribution is 0.0730. The van der Waals surface area contributed by atoms with Gasteiger partial charge in [0.1, 0.15) is 0 Å². The zero-order valence-corrected chi connectivity index (χ0v) is 26.3. The first-order valence-electron chi connectivity index (χ1n) is 14.5. The van der Waals surface area contributed by atoms with E-state index < -0.39 is 19.7 Å². The Morgan fingerprint density at radius 2 is 1.16 bits per heavy atom. The zero-order chi connectivity index (χ0) is 30.8. The van der Waals surface area contributed by atoms with Crippen molar-refractivity contribution in [3.05, 3.63) is 108 Å². The minimum Gasteiger partial charge on any atom is -0.340 e. The van der Waals surface area contributed by atoms with Crippen molar-refractivity contribution in [2.45, 2.75) is 56.6 Å². The molecule has 0 saturated heterocycles. The van der Waals surface area contributed by atoms with Gasteiger partial charge in [-0.1, -0.05) is 63.2 Å². The molecule has 5 rings (SSSR count). The molecule has 4 aromatic carbocycles. The molecule has 0 aliphatic carbocycles. The van der Waals surface area contributed by atoms with E-state index in [0.29, 0.717) is 5.56 Å². The van der Waals surface area contributed by atoms with Crippen LogP contribution < -0.4 is 0 Å². The number of sulfone groups is 2. The Balaban J connectivity index is 1.53. The molecule has 7 nitrogen and oxygen atoms in total. The van der Waals surface area contributed by atoms with Gasteiger partial charge < -0.3 is 9.47 Å².